The fourth-order valence-electron chi connectivity index (χ4n) is 3.31. The molecule has 3 aromatic carbocycles. The van der Waals surface area contributed by atoms with E-state index in [0.29, 0.717) is 30.3 Å². The maximum atomic E-state index is 13.7. The first-order valence-electron chi connectivity index (χ1n) is 10.1. The van der Waals surface area contributed by atoms with Gasteiger partial charge in [0, 0.05) is 17.3 Å². The van der Waals surface area contributed by atoms with Gasteiger partial charge in [-0.25, -0.2) is 4.39 Å². The Morgan fingerprint density at radius 2 is 1.63 bits per heavy atom. The Kier molecular flexibility index (Phi) is 5.89. The summed E-state index contributed by atoms with van der Waals surface area (Å²) in [6.07, 6.45) is 2.43. The lowest BCUT2D eigenvalue weighted by atomic mass is 10.1. The smallest absolute Gasteiger partial charge is 0.258 e. The molecule has 0 aliphatic heterocycles. The van der Waals surface area contributed by atoms with Crippen molar-refractivity contribution >= 4 is 17.5 Å². The second-order valence-electron chi connectivity index (χ2n) is 7.57. The maximum Gasteiger partial charge on any atom is 0.258 e. The zero-order valence-corrected chi connectivity index (χ0v) is 16.6. The summed E-state index contributed by atoms with van der Waals surface area (Å²) in [6, 6.07) is 23.1. The molecule has 4 rings (SSSR count). The monoisotopic (exact) mass is 402 g/mol. The van der Waals surface area contributed by atoms with E-state index in [0.717, 1.165) is 24.0 Å². The number of nitrogens with one attached hydrogen (secondary N) is 1. The van der Waals surface area contributed by atoms with Gasteiger partial charge in [0.15, 0.2) is 0 Å². The van der Waals surface area contributed by atoms with Gasteiger partial charge in [-0.2, -0.15) is 0 Å². The van der Waals surface area contributed by atoms with Crippen LogP contribution in [0.15, 0.2) is 78.9 Å². The van der Waals surface area contributed by atoms with Gasteiger partial charge < -0.3 is 10.2 Å². The molecule has 3 aromatic rings. The molecule has 0 spiro atoms. The summed E-state index contributed by atoms with van der Waals surface area (Å²) in [5.74, 6) is -0.711. The fraction of sp³-hybridized carbons (Fsp3) is 0.200. The molecule has 0 radical (unpaired) electrons. The first-order chi connectivity index (χ1) is 14.6. The minimum absolute atomic E-state index is 0.0160. The number of carbonyl (C=O) groups excluding carboxylic acids is 2. The van der Waals surface area contributed by atoms with Gasteiger partial charge >= 0.3 is 0 Å². The first kappa shape index (κ1) is 19.8. The number of hydrogen-bond donors (Lipinski definition) is 1. The molecule has 0 aromatic heterocycles. The third-order valence-corrected chi connectivity index (χ3v) is 5.06. The van der Waals surface area contributed by atoms with Gasteiger partial charge in [0.25, 0.3) is 5.91 Å². The summed E-state index contributed by atoms with van der Waals surface area (Å²) >= 11 is 0. The summed E-state index contributed by atoms with van der Waals surface area (Å²) in [5.41, 5.74) is 2.84. The fourth-order valence-corrected chi connectivity index (χ4v) is 3.31. The van der Waals surface area contributed by atoms with Gasteiger partial charge in [-0.15, -0.1) is 0 Å². The summed E-state index contributed by atoms with van der Waals surface area (Å²) in [4.78, 5) is 26.8. The zero-order valence-electron chi connectivity index (χ0n) is 16.6. The molecule has 1 fully saturated rings. The Hall–Kier alpha value is -3.47. The van der Waals surface area contributed by atoms with Gasteiger partial charge in [-0.1, -0.05) is 48.5 Å². The maximum absolute atomic E-state index is 13.7. The number of rotatable bonds is 7. The molecule has 0 heterocycles. The third-order valence-electron chi connectivity index (χ3n) is 5.06. The van der Waals surface area contributed by atoms with Crippen molar-refractivity contribution in [2.75, 3.05) is 4.90 Å². The van der Waals surface area contributed by atoms with Crippen LogP contribution in [0.2, 0.25) is 0 Å². The van der Waals surface area contributed by atoms with Crippen molar-refractivity contribution in [1.82, 2.24) is 5.32 Å². The normalized spacial score (nSPS) is 13.0. The molecule has 1 N–H and O–H groups in total. The highest BCUT2D eigenvalue weighted by atomic mass is 19.1. The largest absolute Gasteiger partial charge is 0.353 e. The molecule has 1 saturated carbocycles. The average molecular weight is 402 g/mol. The van der Waals surface area contributed by atoms with Crippen molar-refractivity contribution < 1.29 is 14.0 Å². The second kappa shape index (κ2) is 8.91. The van der Waals surface area contributed by atoms with Crippen LogP contribution in [0.4, 0.5) is 10.1 Å². The summed E-state index contributed by atoms with van der Waals surface area (Å²) in [6.45, 7) is 0.359. The van der Waals surface area contributed by atoms with Gasteiger partial charge in [0.05, 0.1) is 13.0 Å². The van der Waals surface area contributed by atoms with Crippen molar-refractivity contribution in [3.05, 3.63) is 101 Å². The quantitative estimate of drug-likeness (QED) is 0.633. The van der Waals surface area contributed by atoms with Crippen LogP contribution in [0, 0.1) is 5.82 Å². The van der Waals surface area contributed by atoms with Crippen molar-refractivity contribution in [2.24, 2.45) is 0 Å². The number of nitrogens with zero attached hydrogens (tertiary/aromatic N) is 1. The molecule has 0 saturated heterocycles. The molecule has 4 nitrogen and oxygen atoms in total. The van der Waals surface area contributed by atoms with Crippen LogP contribution in [0.1, 0.15) is 34.3 Å². The van der Waals surface area contributed by atoms with Crippen LogP contribution in [0.25, 0.3) is 0 Å². The number of benzene rings is 3. The van der Waals surface area contributed by atoms with Crippen LogP contribution in [-0.4, -0.2) is 17.9 Å². The zero-order chi connectivity index (χ0) is 20.9. The lowest BCUT2D eigenvalue weighted by Gasteiger charge is -2.23. The summed E-state index contributed by atoms with van der Waals surface area (Å²) < 4.78 is 13.7. The SMILES string of the molecule is O=C(Cc1ccc(N(Cc2ccccc2)C(=O)c2cccc(F)c2)cc1)NC1CC1. The molecule has 0 unspecified atom stereocenters. The minimum Gasteiger partial charge on any atom is -0.353 e. The predicted molar refractivity (Wildman–Crippen MR) is 115 cm³/mol. The molecule has 1 aliphatic rings. The first-order valence-corrected chi connectivity index (χ1v) is 10.1. The van der Waals surface area contributed by atoms with Gasteiger partial charge in [-0.3, -0.25) is 9.59 Å². The van der Waals surface area contributed by atoms with Crippen molar-refractivity contribution in [1.29, 1.82) is 0 Å². The topological polar surface area (TPSA) is 49.4 Å². The lowest BCUT2D eigenvalue weighted by Crippen LogP contribution is -2.30. The standard InChI is InChI=1S/C25H23FN2O2/c26-21-8-4-7-20(16-21)25(30)28(17-19-5-2-1-3-6-19)23-13-9-18(10-14-23)15-24(29)27-22-11-12-22/h1-10,13-14,16,22H,11-12,15,17H2,(H,27,29). The molecular weight excluding hydrogens is 379 g/mol. The lowest BCUT2D eigenvalue weighted by molar-refractivity contribution is -0.120. The second-order valence-corrected chi connectivity index (χ2v) is 7.57. The van der Waals surface area contributed by atoms with Crippen LogP contribution >= 0.6 is 0 Å². The predicted octanol–water partition coefficient (Wildman–Crippen LogP) is 4.49. The van der Waals surface area contributed by atoms with E-state index >= 15 is 0 Å². The van der Waals surface area contributed by atoms with Crippen molar-refractivity contribution in [3.8, 4) is 0 Å². The molecule has 5 heteroatoms. The Morgan fingerprint density at radius 1 is 0.900 bits per heavy atom. The molecule has 0 atom stereocenters. The molecule has 2 amide bonds. The Balaban J connectivity index is 1.56. The minimum atomic E-state index is -0.447. The van der Waals surface area contributed by atoms with Crippen LogP contribution in [-0.2, 0) is 17.8 Å². The number of carbonyl (C=O) groups is 2. The van der Waals surface area contributed by atoms with E-state index in [1.54, 1.807) is 11.0 Å². The Morgan fingerprint density at radius 3 is 2.30 bits per heavy atom. The van der Waals surface area contributed by atoms with Crippen molar-refractivity contribution in [2.45, 2.75) is 31.8 Å². The van der Waals surface area contributed by atoms with E-state index in [4.69, 9.17) is 0 Å². The number of anilines is 1. The van der Waals surface area contributed by atoms with E-state index in [1.165, 1.54) is 18.2 Å². The molecule has 0 bridgehead atoms. The van der Waals surface area contributed by atoms with E-state index < -0.39 is 5.82 Å². The molecular formula is C25H23FN2O2. The van der Waals surface area contributed by atoms with E-state index in [9.17, 15) is 14.0 Å². The highest BCUT2D eigenvalue weighted by Gasteiger charge is 2.23. The Bertz CT molecular complexity index is 1030. The highest BCUT2D eigenvalue weighted by molar-refractivity contribution is 6.06. The van der Waals surface area contributed by atoms with Crippen molar-refractivity contribution in [3.63, 3.8) is 0 Å². The van der Waals surface area contributed by atoms with E-state index in [2.05, 4.69) is 5.32 Å². The van der Waals surface area contributed by atoms with Gasteiger partial charge in [0.2, 0.25) is 5.91 Å². The molecule has 30 heavy (non-hydrogen) atoms. The van der Waals surface area contributed by atoms with Crippen LogP contribution < -0.4 is 10.2 Å². The van der Waals surface area contributed by atoms with Gasteiger partial charge in [-0.05, 0) is 54.3 Å². The molecule has 152 valence electrons. The Labute approximate surface area is 175 Å². The van der Waals surface area contributed by atoms with E-state index in [1.807, 2.05) is 54.6 Å². The number of amides is 2. The third kappa shape index (κ3) is 5.11. The summed E-state index contributed by atoms with van der Waals surface area (Å²) in [7, 11) is 0. The van der Waals surface area contributed by atoms with Crippen LogP contribution in [0.5, 0.6) is 0 Å². The van der Waals surface area contributed by atoms with Crippen LogP contribution in [0.3, 0.4) is 0 Å². The number of halogens is 1. The summed E-state index contributed by atoms with van der Waals surface area (Å²) in [5, 5.41) is 2.98. The molecule has 1 aliphatic carbocycles. The van der Waals surface area contributed by atoms with E-state index in [-0.39, 0.29) is 11.8 Å². The highest BCUT2D eigenvalue weighted by Crippen LogP contribution is 2.22. The average Bonchev–Trinajstić information content (AvgIpc) is 3.57. The number of hydrogen-bond acceptors (Lipinski definition) is 2. The van der Waals surface area contributed by atoms with Gasteiger partial charge in [0.1, 0.15) is 5.82 Å².